The standard InChI is InChI=1S/C18H18BrNO3/c1-10-15(18(22)23-2)16(11-6-3-4-7-12(11)19)17-13(20-10)8-5-9-14(17)21/h3-4,6-8,16-17,20H,5,9H2,1-2H3. The molecule has 1 aromatic carbocycles. The summed E-state index contributed by atoms with van der Waals surface area (Å²) < 4.78 is 5.87. The van der Waals surface area contributed by atoms with Crippen LogP contribution in [0.2, 0.25) is 0 Å². The minimum atomic E-state index is -0.395. The molecule has 0 bridgehead atoms. The van der Waals surface area contributed by atoms with Gasteiger partial charge in [0, 0.05) is 28.2 Å². The van der Waals surface area contributed by atoms with Crippen molar-refractivity contribution in [3.05, 3.63) is 57.3 Å². The maximum Gasteiger partial charge on any atom is 0.336 e. The number of esters is 1. The van der Waals surface area contributed by atoms with Gasteiger partial charge in [0.1, 0.15) is 5.78 Å². The molecule has 120 valence electrons. The SMILES string of the molecule is COC(=O)C1=C(C)NC2=CCCC(=O)C2C1c1ccccc1Br. The molecule has 4 nitrogen and oxygen atoms in total. The first-order valence-corrected chi connectivity index (χ1v) is 8.37. The third-order valence-electron chi connectivity index (χ3n) is 4.46. The molecule has 5 heteroatoms. The van der Waals surface area contributed by atoms with Gasteiger partial charge in [0.15, 0.2) is 0 Å². The Labute approximate surface area is 143 Å². The normalized spacial score (nSPS) is 23.8. The molecule has 2 atom stereocenters. The van der Waals surface area contributed by atoms with Crippen LogP contribution >= 0.6 is 15.9 Å². The van der Waals surface area contributed by atoms with Crippen LogP contribution < -0.4 is 5.32 Å². The van der Waals surface area contributed by atoms with Gasteiger partial charge in [-0.25, -0.2) is 4.79 Å². The first-order valence-electron chi connectivity index (χ1n) is 7.58. The van der Waals surface area contributed by atoms with E-state index in [1.54, 1.807) is 0 Å². The van der Waals surface area contributed by atoms with Gasteiger partial charge < -0.3 is 10.1 Å². The fraction of sp³-hybridized carbons (Fsp3) is 0.333. The molecule has 0 fully saturated rings. The number of methoxy groups -OCH3 is 1. The lowest BCUT2D eigenvalue weighted by molar-refractivity contribution is -0.136. The number of carbonyl (C=O) groups excluding carboxylic acids is 2. The summed E-state index contributed by atoms with van der Waals surface area (Å²) in [5.41, 5.74) is 3.10. The highest BCUT2D eigenvalue weighted by Gasteiger charge is 2.43. The van der Waals surface area contributed by atoms with Crippen LogP contribution in [0.15, 0.2) is 51.8 Å². The summed E-state index contributed by atoms with van der Waals surface area (Å²) >= 11 is 3.56. The molecule has 0 saturated carbocycles. The molecule has 0 amide bonds. The van der Waals surface area contributed by atoms with Crippen LogP contribution in [0.1, 0.15) is 31.2 Å². The van der Waals surface area contributed by atoms with Gasteiger partial charge in [-0.1, -0.05) is 40.2 Å². The molecular weight excluding hydrogens is 358 g/mol. The lowest BCUT2D eigenvalue weighted by atomic mass is 9.71. The summed E-state index contributed by atoms with van der Waals surface area (Å²) in [6.45, 7) is 1.85. The molecule has 23 heavy (non-hydrogen) atoms. The lowest BCUT2D eigenvalue weighted by Crippen LogP contribution is -2.40. The number of halogens is 1. The van der Waals surface area contributed by atoms with Gasteiger partial charge in [0.05, 0.1) is 18.6 Å². The van der Waals surface area contributed by atoms with Crippen molar-refractivity contribution in [2.75, 3.05) is 7.11 Å². The van der Waals surface area contributed by atoms with Gasteiger partial charge in [-0.05, 0) is 25.0 Å². The number of benzene rings is 1. The Hall–Kier alpha value is -1.88. The maximum atomic E-state index is 12.6. The van der Waals surface area contributed by atoms with Crippen molar-refractivity contribution >= 4 is 27.7 Å². The zero-order valence-electron chi connectivity index (χ0n) is 13.1. The van der Waals surface area contributed by atoms with E-state index >= 15 is 0 Å². The topological polar surface area (TPSA) is 55.4 Å². The Bertz CT molecular complexity index is 736. The van der Waals surface area contributed by atoms with Gasteiger partial charge in [-0.2, -0.15) is 0 Å². The first-order chi connectivity index (χ1) is 11.0. The number of nitrogens with one attached hydrogen (secondary N) is 1. The van der Waals surface area contributed by atoms with Crippen LogP contribution in [-0.4, -0.2) is 18.9 Å². The number of ketones is 1. The highest BCUT2D eigenvalue weighted by Crippen LogP contribution is 2.45. The highest BCUT2D eigenvalue weighted by atomic mass is 79.9. The van der Waals surface area contributed by atoms with E-state index in [1.165, 1.54) is 7.11 Å². The average Bonchev–Trinajstić information content (AvgIpc) is 2.54. The van der Waals surface area contributed by atoms with Crippen molar-refractivity contribution < 1.29 is 14.3 Å². The predicted octanol–water partition coefficient (Wildman–Crippen LogP) is 3.45. The van der Waals surface area contributed by atoms with Crippen molar-refractivity contribution in [2.24, 2.45) is 5.92 Å². The Morgan fingerprint density at radius 2 is 2.04 bits per heavy atom. The number of hydrogen-bond acceptors (Lipinski definition) is 4. The van der Waals surface area contributed by atoms with Gasteiger partial charge in [-0.3, -0.25) is 4.79 Å². The monoisotopic (exact) mass is 375 g/mol. The average molecular weight is 376 g/mol. The van der Waals surface area contributed by atoms with Crippen LogP contribution in [0.25, 0.3) is 0 Å². The van der Waals surface area contributed by atoms with Gasteiger partial charge in [-0.15, -0.1) is 0 Å². The smallest absolute Gasteiger partial charge is 0.336 e. The van der Waals surface area contributed by atoms with Gasteiger partial charge >= 0.3 is 5.97 Å². The Kier molecular flexibility index (Phi) is 4.39. The van der Waals surface area contributed by atoms with Crippen molar-refractivity contribution in [3.8, 4) is 0 Å². The van der Waals surface area contributed by atoms with Gasteiger partial charge in [0.2, 0.25) is 0 Å². The van der Waals surface area contributed by atoms with E-state index in [1.807, 2.05) is 31.2 Å². The van der Waals surface area contributed by atoms with Gasteiger partial charge in [0.25, 0.3) is 0 Å². The summed E-state index contributed by atoms with van der Waals surface area (Å²) in [5, 5.41) is 3.24. The number of rotatable bonds is 2. The van der Waals surface area contributed by atoms with Crippen LogP contribution in [-0.2, 0) is 14.3 Å². The minimum absolute atomic E-state index is 0.157. The Balaban J connectivity index is 2.23. The first kappa shape index (κ1) is 16.0. The maximum absolute atomic E-state index is 12.6. The van der Waals surface area contributed by atoms with Crippen molar-refractivity contribution in [3.63, 3.8) is 0 Å². The number of hydrogen-bond donors (Lipinski definition) is 1. The molecular formula is C18H18BrNO3. The van der Waals surface area contributed by atoms with E-state index < -0.39 is 5.97 Å². The van der Waals surface area contributed by atoms with E-state index in [0.717, 1.165) is 27.9 Å². The number of Topliss-reactive ketones (excluding diaryl/α,β-unsaturated/α-hetero) is 1. The third-order valence-corrected chi connectivity index (χ3v) is 5.18. The third kappa shape index (κ3) is 2.74. The highest BCUT2D eigenvalue weighted by molar-refractivity contribution is 9.10. The summed E-state index contributed by atoms with van der Waals surface area (Å²) in [4.78, 5) is 25.0. The number of carbonyl (C=O) groups is 2. The molecule has 1 aromatic rings. The molecule has 0 saturated heterocycles. The zero-order chi connectivity index (χ0) is 16.6. The van der Waals surface area contributed by atoms with E-state index in [0.29, 0.717) is 12.0 Å². The number of allylic oxidation sites excluding steroid dienone is 3. The molecule has 3 rings (SSSR count). The fourth-order valence-electron chi connectivity index (χ4n) is 3.46. The molecule has 1 N–H and O–H groups in total. The molecule has 0 aromatic heterocycles. The molecule has 1 aliphatic heterocycles. The second-order valence-corrected chi connectivity index (χ2v) is 6.65. The van der Waals surface area contributed by atoms with Crippen LogP contribution in [0.3, 0.4) is 0 Å². The van der Waals surface area contributed by atoms with Crippen LogP contribution in [0.4, 0.5) is 0 Å². The molecule has 2 aliphatic rings. The molecule has 1 aliphatic carbocycles. The van der Waals surface area contributed by atoms with E-state index in [2.05, 4.69) is 27.3 Å². The second-order valence-electron chi connectivity index (χ2n) is 5.80. The second kappa shape index (κ2) is 6.32. The van der Waals surface area contributed by atoms with E-state index in [4.69, 9.17) is 4.74 Å². The van der Waals surface area contributed by atoms with E-state index in [-0.39, 0.29) is 17.6 Å². The van der Waals surface area contributed by atoms with Crippen molar-refractivity contribution in [2.45, 2.75) is 25.7 Å². The molecule has 1 heterocycles. The lowest BCUT2D eigenvalue weighted by Gasteiger charge is -2.38. The summed E-state index contributed by atoms with van der Waals surface area (Å²) in [6, 6.07) is 7.72. The van der Waals surface area contributed by atoms with E-state index in [9.17, 15) is 9.59 Å². The number of fused-ring (bicyclic) bond motifs is 1. The zero-order valence-corrected chi connectivity index (χ0v) is 14.6. The summed E-state index contributed by atoms with van der Waals surface area (Å²) in [7, 11) is 1.37. The van der Waals surface area contributed by atoms with Crippen LogP contribution in [0, 0.1) is 5.92 Å². The molecule has 0 spiro atoms. The van der Waals surface area contributed by atoms with Crippen LogP contribution in [0.5, 0.6) is 0 Å². The molecule has 0 radical (unpaired) electrons. The summed E-state index contributed by atoms with van der Waals surface area (Å²) in [6.07, 6.45) is 3.30. The summed E-state index contributed by atoms with van der Waals surface area (Å²) in [5.74, 6) is -0.934. The molecule has 2 unspecified atom stereocenters. The quantitative estimate of drug-likeness (QED) is 0.804. The van der Waals surface area contributed by atoms with Crippen molar-refractivity contribution in [1.29, 1.82) is 0 Å². The Morgan fingerprint density at radius 1 is 1.30 bits per heavy atom. The van der Waals surface area contributed by atoms with Crippen molar-refractivity contribution in [1.82, 2.24) is 5.32 Å². The minimum Gasteiger partial charge on any atom is -0.466 e. The number of ether oxygens (including phenoxy) is 1. The Morgan fingerprint density at radius 3 is 2.74 bits per heavy atom. The predicted molar refractivity (Wildman–Crippen MR) is 90.5 cm³/mol. The fourth-order valence-corrected chi connectivity index (χ4v) is 3.99. The largest absolute Gasteiger partial charge is 0.466 e.